The van der Waals surface area contributed by atoms with Gasteiger partial charge in [-0.3, -0.25) is 4.98 Å². The van der Waals surface area contributed by atoms with Gasteiger partial charge in [-0.05, 0) is 54.0 Å². The molecule has 172 valence electrons. The third kappa shape index (κ3) is 5.11. The summed E-state index contributed by atoms with van der Waals surface area (Å²) in [6.45, 7) is 17.6. The Hall–Kier alpha value is -3.14. The van der Waals surface area contributed by atoms with Crippen molar-refractivity contribution in [2.45, 2.75) is 40.0 Å². The molecule has 4 nitrogen and oxygen atoms in total. The highest BCUT2D eigenvalue weighted by Gasteiger charge is 2.29. The third-order valence-corrected chi connectivity index (χ3v) is 6.86. The summed E-state index contributed by atoms with van der Waals surface area (Å²) in [4.78, 5) is 13.7. The van der Waals surface area contributed by atoms with Gasteiger partial charge in [0, 0.05) is 49.7 Å². The van der Waals surface area contributed by atoms with Crippen molar-refractivity contribution in [3.63, 3.8) is 0 Å². The predicted octanol–water partition coefficient (Wildman–Crippen LogP) is 6.36. The molecule has 0 spiro atoms. The van der Waals surface area contributed by atoms with E-state index in [1.54, 1.807) is 12.4 Å². The van der Waals surface area contributed by atoms with E-state index in [0.717, 1.165) is 55.3 Å². The Bertz CT molecular complexity index is 1080. The standard InChI is InChI=1S/C29H36N4/c1-21-19-27(24-14-16-30-17-15-24)31-28(32(21)6)33-18-8-10-25(20-33)22(2)23-9-7-11-26(13-12-23)29(3,4)5/h7,9,12-17,19,25H,1-2,8,10-11,18,20H2,3-6H3. The Balaban J connectivity index is 1.55. The summed E-state index contributed by atoms with van der Waals surface area (Å²) < 4.78 is 0. The molecule has 1 aromatic heterocycles. The van der Waals surface area contributed by atoms with E-state index in [0.29, 0.717) is 5.92 Å². The summed E-state index contributed by atoms with van der Waals surface area (Å²) >= 11 is 0. The number of likely N-dealkylation sites (tertiary alicyclic amines) is 1. The number of aliphatic imine (C=N–C) groups is 1. The monoisotopic (exact) mass is 440 g/mol. The van der Waals surface area contributed by atoms with Crippen LogP contribution in [0.15, 0.2) is 95.5 Å². The van der Waals surface area contributed by atoms with Crippen LogP contribution in [0.5, 0.6) is 0 Å². The maximum atomic E-state index is 5.04. The van der Waals surface area contributed by atoms with Gasteiger partial charge in [0.2, 0.25) is 5.96 Å². The normalized spacial score (nSPS) is 21.7. The van der Waals surface area contributed by atoms with Gasteiger partial charge in [-0.2, -0.15) is 0 Å². The Labute approximate surface area is 199 Å². The number of guanidine groups is 1. The van der Waals surface area contributed by atoms with Crippen molar-refractivity contribution in [3.05, 3.63) is 96.0 Å². The summed E-state index contributed by atoms with van der Waals surface area (Å²) in [5, 5.41) is 0. The lowest BCUT2D eigenvalue weighted by Gasteiger charge is -2.40. The number of piperidine rings is 1. The quantitative estimate of drug-likeness (QED) is 0.548. The van der Waals surface area contributed by atoms with Crippen LogP contribution in [0.3, 0.4) is 0 Å². The Morgan fingerprint density at radius 1 is 1.15 bits per heavy atom. The van der Waals surface area contributed by atoms with Gasteiger partial charge in [-0.15, -0.1) is 0 Å². The minimum atomic E-state index is 0.186. The Morgan fingerprint density at radius 2 is 1.91 bits per heavy atom. The van der Waals surface area contributed by atoms with Crippen LogP contribution in [0.1, 0.15) is 45.6 Å². The van der Waals surface area contributed by atoms with Crippen molar-refractivity contribution in [2.75, 3.05) is 20.1 Å². The van der Waals surface area contributed by atoms with Crippen LogP contribution >= 0.6 is 0 Å². The van der Waals surface area contributed by atoms with Gasteiger partial charge in [0.05, 0.1) is 5.70 Å². The summed E-state index contributed by atoms with van der Waals surface area (Å²) in [5.41, 5.74) is 7.06. The smallest absolute Gasteiger partial charge is 0.206 e. The molecule has 1 unspecified atom stereocenters. The van der Waals surface area contributed by atoms with Crippen LogP contribution in [0.25, 0.3) is 5.70 Å². The molecule has 3 heterocycles. The number of allylic oxidation sites excluding steroid dienone is 7. The molecule has 4 heteroatoms. The highest BCUT2D eigenvalue weighted by molar-refractivity contribution is 5.91. The molecule has 33 heavy (non-hydrogen) atoms. The fourth-order valence-electron chi connectivity index (χ4n) is 4.63. The number of hydrogen-bond donors (Lipinski definition) is 0. The molecular weight excluding hydrogens is 404 g/mol. The molecule has 1 fully saturated rings. The van der Waals surface area contributed by atoms with Gasteiger partial charge in [-0.25, -0.2) is 4.99 Å². The van der Waals surface area contributed by atoms with Crippen molar-refractivity contribution >= 4 is 11.7 Å². The Morgan fingerprint density at radius 3 is 2.64 bits per heavy atom. The lowest BCUT2D eigenvalue weighted by molar-refractivity contribution is 0.265. The van der Waals surface area contributed by atoms with Crippen molar-refractivity contribution in [2.24, 2.45) is 16.3 Å². The molecule has 1 aliphatic carbocycles. The largest absolute Gasteiger partial charge is 0.342 e. The number of aromatic nitrogens is 1. The molecule has 2 aliphatic heterocycles. The first-order valence-corrected chi connectivity index (χ1v) is 11.9. The van der Waals surface area contributed by atoms with Gasteiger partial charge < -0.3 is 9.80 Å². The molecule has 0 N–H and O–H groups in total. The average Bonchev–Trinajstić information content (AvgIpc) is 3.07. The van der Waals surface area contributed by atoms with Crippen LogP contribution in [0.4, 0.5) is 0 Å². The second kappa shape index (κ2) is 9.38. The zero-order valence-corrected chi connectivity index (χ0v) is 20.5. The molecule has 3 aliphatic rings. The number of hydrogen-bond acceptors (Lipinski definition) is 4. The van der Waals surface area contributed by atoms with Crippen molar-refractivity contribution in [3.8, 4) is 0 Å². The summed E-state index contributed by atoms with van der Waals surface area (Å²) in [6.07, 6.45) is 18.0. The molecule has 1 saturated heterocycles. The minimum Gasteiger partial charge on any atom is -0.342 e. The van der Waals surface area contributed by atoms with Gasteiger partial charge in [0.1, 0.15) is 0 Å². The fourth-order valence-corrected chi connectivity index (χ4v) is 4.63. The van der Waals surface area contributed by atoms with Gasteiger partial charge >= 0.3 is 0 Å². The lowest BCUT2D eigenvalue weighted by Crippen LogP contribution is -2.47. The molecule has 0 saturated carbocycles. The third-order valence-electron chi connectivity index (χ3n) is 6.86. The van der Waals surface area contributed by atoms with Gasteiger partial charge in [-0.1, -0.05) is 63.8 Å². The molecule has 0 aromatic carbocycles. The molecule has 1 aromatic rings. The van der Waals surface area contributed by atoms with Crippen LogP contribution in [-0.4, -0.2) is 40.9 Å². The van der Waals surface area contributed by atoms with E-state index in [1.807, 2.05) is 18.2 Å². The minimum absolute atomic E-state index is 0.186. The molecule has 4 rings (SSSR count). The number of nitrogens with zero attached hydrogens (tertiary/aromatic N) is 4. The van der Waals surface area contributed by atoms with Crippen molar-refractivity contribution in [1.29, 1.82) is 0 Å². The van der Waals surface area contributed by atoms with Crippen LogP contribution in [-0.2, 0) is 0 Å². The van der Waals surface area contributed by atoms with Crippen LogP contribution < -0.4 is 0 Å². The highest BCUT2D eigenvalue weighted by Crippen LogP contribution is 2.34. The summed E-state index contributed by atoms with van der Waals surface area (Å²) in [5.74, 6) is 1.37. The van der Waals surface area contributed by atoms with E-state index in [4.69, 9.17) is 4.99 Å². The zero-order valence-electron chi connectivity index (χ0n) is 20.5. The fraction of sp³-hybridized carbons (Fsp3) is 0.379. The lowest BCUT2D eigenvalue weighted by atomic mass is 9.84. The molecule has 1 atom stereocenters. The molecule has 0 radical (unpaired) electrons. The first-order valence-electron chi connectivity index (χ1n) is 11.9. The van der Waals surface area contributed by atoms with Gasteiger partial charge in [0.15, 0.2) is 0 Å². The zero-order chi connectivity index (χ0) is 23.6. The van der Waals surface area contributed by atoms with Crippen molar-refractivity contribution < 1.29 is 0 Å². The number of pyridine rings is 1. The summed E-state index contributed by atoms with van der Waals surface area (Å²) in [6, 6.07) is 3.99. The maximum Gasteiger partial charge on any atom is 0.206 e. The second-order valence-corrected chi connectivity index (χ2v) is 10.2. The van der Waals surface area contributed by atoms with E-state index in [9.17, 15) is 0 Å². The highest BCUT2D eigenvalue weighted by atomic mass is 15.4. The first kappa shape index (κ1) is 23.0. The maximum absolute atomic E-state index is 5.04. The molecule has 0 amide bonds. The number of rotatable bonds is 3. The molecular formula is C29H36N4. The van der Waals surface area contributed by atoms with Gasteiger partial charge in [0.25, 0.3) is 0 Å². The van der Waals surface area contributed by atoms with E-state index < -0.39 is 0 Å². The summed E-state index contributed by atoms with van der Waals surface area (Å²) in [7, 11) is 2.05. The first-order chi connectivity index (χ1) is 15.7. The topological polar surface area (TPSA) is 31.7 Å². The van der Waals surface area contributed by atoms with E-state index in [-0.39, 0.29) is 5.41 Å². The SMILES string of the molecule is C=C(C1=CC=C(C(C)(C)C)CC=C1)C1CCCN(C2=NC(c3ccncc3)=CC(=C)N2C)C1. The van der Waals surface area contributed by atoms with Crippen molar-refractivity contribution in [1.82, 2.24) is 14.8 Å². The molecule has 0 bridgehead atoms. The second-order valence-electron chi connectivity index (χ2n) is 10.2. The predicted molar refractivity (Wildman–Crippen MR) is 139 cm³/mol. The van der Waals surface area contributed by atoms with Crippen LogP contribution in [0, 0.1) is 11.3 Å². The average molecular weight is 441 g/mol. The van der Waals surface area contributed by atoms with E-state index in [2.05, 4.69) is 80.1 Å². The Kier molecular flexibility index (Phi) is 6.55. The van der Waals surface area contributed by atoms with E-state index >= 15 is 0 Å². The van der Waals surface area contributed by atoms with Crippen LogP contribution in [0.2, 0.25) is 0 Å². The van der Waals surface area contributed by atoms with E-state index in [1.165, 1.54) is 16.7 Å². The number of likely N-dealkylation sites (N-methyl/N-ethyl adjacent to an activating group) is 1.